The zero-order valence-electron chi connectivity index (χ0n) is 15.2. The van der Waals surface area contributed by atoms with Crippen molar-refractivity contribution in [2.75, 3.05) is 0 Å². The molecule has 150 valence electrons. The second-order valence-electron chi connectivity index (χ2n) is 6.87. The number of fused-ring (bicyclic) bond motifs is 1. The van der Waals surface area contributed by atoms with E-state index in [4.69, 9.17) is 11.6 Å². The summed E-state index contributed by atoms with van der Waals surface area (Å²) < 4.78 is 42.4. The minimum absolute atomic E-state index is 0.00168. The van der Waals surface area contributed by atoms with Crippen LogP contribution in [-0.4, -0.2) is 28.9 Å². The summed E-state index contributed by atoms with van der Waals surface area (Å²) in [7, 11) is -3.93. The van der Waals surface area contributed by atoms with E-state index in [1.165, 1.54) is 22.5 Å². The first-order chi connectivity index (χ1) is 13.9. The van der Waals surface area contributed by atoms with Gasteiger partial charge in [0.25, 0.3) is 0 Å². The summed E-state index contributed by atoms with van der Waals surface area (Å²) in [6, 6.07) is 13.2. The van der Waals surface area contributed by atoms with Crippen molar-refractivity contribution in [3.8, 4) is 0 Å². The monoisotopic (exact) mass is 432 g/mol. The highest BCUT2D eigenvalue weighted by atomic mass is 35.5. The molecule has 0 spiro atoms. The van der Waals surface area contributed by atoms with Crippen LogP contribution in [0.3, 0.4) is 0 Å². The standard InChI is InChI=1S/C21H18ClFN2O3S/c22-17-7-3-8-18(23)16(17)11-19-21(26)15-6-1-2-9-20(15)29(27,28)25(19)13-14-5-4-10-24-12-14/h1-10,12,19,21,26H,11,13H2/t19-,21-/m0/s1. The van der Waals surface area contributed by atoms with Crippen molar-refractivity contribution in [3.63, 3.8) is 0 Å². The fourth-order valence-corrected chi connectivity index (χ4v) is 5.75. The highest BCUT2D eigenvalue weighted by molar-refractivity contribution is 7.89. The highest BCUT2D eigenvalue weighted by Crippen LogP contribution is 2.39. The minimum atomic E-state index is -3.93. The minimum Gasteiger partial charge on any atom is -0.387 e. The molecule has 0 saturated heterocycles. The lowest BCUT2D eigenvalue weighted by Crippen LogP contribution is -2.48. The fourth-order valence-electron chi connectivity index (χ4n) is 3.65. The molecule has 1 aliphatic heterocycles. The van der Waals surface area contributed by atoms with Crippen LogP contribution in [-0.2, 0) is 23.0 Å². The first-order valence-electron chi connectivity index (χ1n) is 9.00. The SMILES string of the molecule is O=S1(=O)c2ccccc2[C@H](O)[C@H](Cc2c(F)cccc2Cl)N1Cc1cccnc1. The number of nitrogens with zero attached hydrogens (tertiary/aromatic N) is 2. The lowest BCUT2D eigenvalue weighted by atomic mass is 9.95. The smallest absolute Gasteiger partial charge is 0.244 e. The van der Waals surface area contributed by atoms with E-state index < -0.39 is 28.0 Å². The third kappa shape index (κ3) is 3.67. The predicted octanol–water partition coefficient (Wildman–Crippen LogP) is 3.72. The number of aromatic nitrogens is 1. The zero-order valence-corrected chi connectivity index (χ0v) is 16.8. The molecular weight excluding hydrogens is 415 g/mol. The summed E-state index contributed by atoms with van der Waals surface area (Å²) in [6.07, 6.45) is 1.95. The number of aliphatic hydroxyl groups excluding tert-OH is 1. The van der Waals surface area contributed by atoms with Gasteiger partial charge in [0.15, 0.2) is 0 Å². The predicted molar refractivity (Wildman–Crippen MR) is 107 cm³/mol. The summed E-state index contributed by atoms with van der Waals surface area (Å²) in [6.45, 7) is -0.00168. The molecule has 0 fully saturated rings. The molecule has 2 heterocycles. The number of rotatable bonds is 4. The fraction of sp³-hybridized carbons (Fsp3) is 0.190. The molecule has 3 aromatic rings. The maximum absolute atomic E-state index is 14.4. The number of benzene rings is 2. The van der Waals surface area contributed by atoms with Gasteiger partial charge >= 0.3 is 0 Å². The molecule has 0 unspecified atom stereocenters. The maximum atomic E-state index is 14.4. The Morgan fingerprint density at radius 2 is 1.90 bits per heavy atom. The van der Waals surface area contributed by atoms with Crippen LogP contribution in [0.5, 0.6) is 0 Å². The summed E-state index contributed by atoms with van der Waals surface area (Å²) in [5.41, 5.74) is 1.13. The van der Waals surface area contributed by atoms with Crippen molar-refractivity contribution in [1.29, 1.82) is 0 Å². The van der Waals surface area contributed by atoms with Crippen LogP contribution in [0.2, 0.25) is 5.02 Å². The Kier molecular flexibility index (Phi) is 5.40. The van der Waals surface area contributed by atoms with E-state index in [1.54, 1.807) is 48.8 Å². The van der Waals surface area contributed by atoms with Crippen LogP contribution in [0.15, 0.2) is 71.9 Å². The van der Waals surface area contributed by atoms with Gasteiger partial charge in [-0.1, -0.05) is 41.9 Å². The van der Waals surface area contributed by atoms with Crippen molar-refractivity contribution in [2.24, 2.45) is 0 Å². The van der Waals surface area contributed by atoms with Gasteiger partial charge in [0.2, 0.25) is 10.0 Å². The molecule has 1 aromatic heterocycles. The van der Waals surface area contributed by atoms with Crippen molar-refractivity contribution < 1.29 is 17.9 Å². The van der Waals surface area contributed by atoms with E-state index in [2.05, 4.69) is 4.98 Å². The summed E-state index contributed by atoms with van der Waals surface area (Å²) in [4.78, 5) is 4.08. The Bertz CT molecular complexity index is 1120. The van der Waals surface area contributed by atoms with Gasteiger partial charge in [-0.3, -0.25) is 4.98 Å². The molecule has 0 saturated carbocycles. The third-order valence-corrected chi connectivity index (χ3v) is 7.39. The average molecular weight is 433 g/mol. The summed E-state index contributed by atoms with van der Waals surface area (Å²) in [5, 5.41) is 11.2. The molecule has 4 rings (SSSR count). The molecule has 1 aliphatic rings. The second-order valence-corrected chi connectivity index (χ2v) is 9.13. The largest absolute Gasteiger partial charge is 0.387 e. The van der Waals surface area contributed by atoms with Gasteiger partial charge in [0.1, 0.15) is 5.82 Å². The van der Waals surface area contributed by atoms with Crippen molar-refractivity contribution in [3.05, 3.63) is 94.5 Å². The molecule has 8 heteroatoms. The quantitative estimate of drug-likeness (QED) is 0.682. The summed E-state index contributed by atoms with van der Waals surface area (Å²) >= 11 is 6.18. The van der Waals surface area contributed by atoms with Gasteiger partial charge < -0.3 is 5.11 Å². The van der Waals surface area contributed by atoms with E-state index in [0.717, 1.165) is 0 Å². The molecule has 0 aliphatic carbocycles. The third-order valence-electron chi connectivity index (χ3n) is 5.09. The number of halogens is 2. The first-order valence-corrected chi connectivity index (χ1v) is 10.8. The number of sulfonamides is 1. The van der Waals surface area contributed by atoms with E-state index in [-0.39, 0.29) is 28.4 Å². The van der Waals surface area contributed by atoms with Crippen LogP contribution < -0.4 is 0 Å². The number of hydrogen-bond donors (Lipinski definition) is 1. The lowest BCUT2D eigenvalue weighted by molar-refractivity contribution is 0.0765. The van der Waals surface area contributed by atoms with Crippen LogP contribution in [0.25, 0.3) is 0 Å². The van der Waals surface area contributed by atoms with Gasteiger partial charge in [-0.25, -0.2) is 12.8 Å². The lowest BCUT2D eigenvalue weighted by Gasteiger charge is -2.39. The van der Waals surface area contributed by atoms with Gasteiger partial charge in [-0.15, -0.1) is 0 Å². The van der Waals surface area contributed by atoms with E-state index in [9.17, 15) is 17.9 Å². The molecule has 2 aromatic carbocycles. The molecule has 1 N–H and O–H groups in total. The molecule has 5 nitrogen and oxygen atoms in total. The van der Waals surface area contributed by atoms with E-state index >= 15 is 0 Å². The van der Waals surface area contributed by atoms with Crippen LogP contribution in [0, 0.1) is 5.82 Å². The number of pyridine rings is 1. The van der Waals surface area contributed by atoms with Crippen LogP contribution in [0.4, 0.5) is 4.39 Å². The molecule has 0 radical (unpaired) electrons. The Morgan fingerprint density at radius 1 is 1.10 bits per heavy atom. The topological polar surface area (TPSA) is 70.5 Å². The molecular formula is C21H18ClFN2O3S. The van der Waals surface area contributed by atoms with Crippen LogP contribution >= 0.6 is 11.6 Å². The normalized spacial score (nSPS) is 20.9. The Hall–Kier alpha value is -2.32. The first kappa shape index (κ1) is 20.0. The van der Waals surface area contributed by atoms with Crippen molar-refractivity contribution in [2.45, 2.75) is 30.0 Å². The molecule has 0 amide bonds. The second kappa shape index (κ2) is 7.84. The average Bonchev–Trinajstić information content (AvgIpc) is 2.72. The zero-order chi connectivity index (χ0) is 20.6. The Morgan fingerprint density at radius 3 is 2.62 bits per heavy atom. The summed E-state index contributed by atoms with van der Waals surface area (Å²) in [5.74, 6) is -0.540. The maximum Gasteiger partial charge on any atom is 0.244 e. The van der Waals surface area contributed by atoms with Gasteiger partial charge in [-0.2, -0.15) is 4.31 Å². The van der Waals surface area contributed by atoms with Gasteiger partial charge in [0.05, 0.1) is 17.0 Å². The number of hydrogen-bond acceptors (Lipinski definition) is 4. The van der Waals surface area contributed by atoms with E-state index in [1.807, 2.05) is 0 Å². The highest BCUT2D eigenvalue weighted by Gasteiger charge is 2.44. The Balaban J connectivity index is 1.83. The Labute approximate surface area is 173 Å². The van der Waals surface area contributed by atoms with E-state index in [0.29, 0.717) is 11.1 Å². The van der Waals surface area contributed by atoms with Gasteiger partial charge in [0, 0.05) is 35.1 Å². The van der Waals surface area contributed by atoms with Crippen molar-refractivity contribution >= 4 is 21.6 Å². The number of aliphatic hydroxyl groups is 1. The molecule has 0 bridgehead atoms. The van der Waals surface area contributed by atoms with Crippen molar-refractivity contribution in [1.82, 2.24) is 9.29 Å². The van der Waals surface area contributed by atoms with Crippen LogP contribution in [0.1, 0.15) is 22.8 Å². The molecule has 29 heavy (non-hydrogen) atoms. The molecule has 2 atom stereocenters. The van der Waals surface area contributed by atoms with Gasteiger partial charge in [-0.05, 0) is 36.2 Å².